The molecule has 100 valence electrons. The number of hydrogen-bond acceptors (Lipinski definition) is 3. The summed E-state index contributed by atoms with van der Waals surface area (Å²) in [5.41, 5.74) is 6.91. The van der Waals surface area contributed by atoms with Crippen molar-refractivity contribution in [3.05, 3.63) is 24.0 Å². The number of carbonyl (C=O) groups is 1. The molecule has 2 atom stereocenters. The van der Waals surface area contributed by atoms with E-state index in [2.05, 4.69) is 24.1 Å². The molecule has 0 aromatic carbocycles. The highest BCUT2D eigenvalue weighted by atomic mass is 16.1. The monoisotopic (exact) mass is 249 g/mol. The predicted octanol–water partition coefficient (Wildman–Crippen LogP) is 2.15. The summed E-state index contributed by atoms with van der Waals surface area (Å²) < 4.78 is 0. The first-order valence-corrected chi connectivity index (χ1v) is 6.51. The van der Waals surface area contributed by atoms with Gasteiger partial charge in [0.15, 0.2) is 0 Å². The van der Waals surface area contributed by atoms with Crippen molar-refractivity contribution in [2.24, 2.45) is 5.92 Å². The maximum absolute atomic E-state index is 11.8. The summed E-state index contributed by atoms with van der Waals surface area (Å²) in [5.74, 6) is 0.651. The predicted molar refractivity (Wildman–Crippen MR) is 74.0 cm³/mol. The van der Waals surface area contributed by atoms with E-state index in [9.17, 15) is 4.79 Å². The van der Waals surface area contributed by atoms with Gasteiger partial charge in [0.25, 0.3) is 0 Å². The second-order valence-corrected chi connectivity index (χ2v) is 4.98. The molecule has 0 aliphatic rings. The lowest BCUT2D eigenvalue weighted by Crippen LogP contribution is -2.34. The Kier molecular flexibility index (Phi) is 5.62. The maximum atomic E-state index is 11.8. The van der Waals surface area contributed by atoms with Gasteiger partial charge in [0, 0.05) is 11.7 Å². The summed E-state index contributed by atoms with van der Waals surface area (Å²) in [6.45, 7) is 6.40. The van der Waals surface area contributed by atoms with E-state index in [1.807, 2.05) is 6.92 Å². The number of nitrogens with zero attached hydrogens (tertiary/aromatic N) is 1. The molecule has 1 aromatic heterocycles. The van der Waals surface area contributed by atoms with Crippen LogP contribution in [-0.4, -0.2) is 16.9 Å². The minimum absolute atomic E-state index is 0.0167. The highest BCUT2D eigenvalue weighted by Crippen LogP contribution is 2.09. The van der Waals surface area contributed by atoms with Crippen LogP contribution in [-0.2, 0) is 11.2 Å². The molecule has 2 unspecified atom stereocenters. The van der Waals surface area contributed by atoms with Gasteiger partial charge in [0.1, 0.15) is 0 Å². The Morgan fingerprint density at radius 2 is 2.17 bits per heavy atom. The van der Waals surface area contributed by atoms with Gasteiger partial charge in [-0.25, -0.2) is 0 Å². The molecule has 0 radical (unpaired) electrons. The summed E-state index contributed by atoms with van der Waals surface area (Å²) in [6.07, 6.45) is 4.04. The molecule has 0 saturated heterocycles. The maximum Gasteiger partial charge on any atom is 0.226 e. The van der Waals surface area contributed by atoms with Gasteiger partial charge in [-0.2, -0.15) is 0 Å². The largest absolute Gasteiger partial charge is 0.397 e. The summed E-state index contributed by atoms with van der Waals surface area (Å²) in [7, 11) is 0. The van der Waals surface area contributed by atoms with Crippen LogP contribution in [0.3, 0.4) is 0 Å². The van der Waals surface area contributed by atoms with E-state index in [0.717, 1.165) is 18.5 Å². The Hall–Kier alpha value is -1.58. The van der Waals surface area contributed by atoms with Crippen LogP contribution >= 0.6 is 0 Å². The molecule has 1 amide bonds. The van der Waals surface area contributed by atoms with Crippen molar-refractivity contribution in [2.75, 3.05) is 5.73 Å². The zero-order valence-corrected chi connectivity index (χ0v) is 11.4. The average molecular weight is 249 g/mol. The second kappa shape index (κ2) is 6.99. The smallest absolute Gasteiger partial charge is 0.226 e. The summed E-state index contributed by atoms with van der Waals surface area (Å²) in [6, 6.07) is 3.76. The van der Waals surface area contributed by atoms with Crippen molar-refractivity contribution < 1.29 is 4.79 Å². The van der Waals surface area contributed by atoms with E-state index in [1.165, 1.54) is 0 Å². The zero-order chi connectivity index (χ0) is 13.5. The van der Waals surface area contributed by atoms with Crippen molar-refractivity contribution in [1.82, 2.24) is 10.3 Å². The van der Waals surface area contributed by atoms with E-state index < -0.39 is 0 Å². The Balaban J connectivity index is 2.39. The van der Waals surface area contributed by atoms with Gasteiger partial charge in [-0.1, -0.05) is 20.3 Å². The van der Waals surface area contributed by atoms with Crippen molar-refractivity contribution in [3.63, 3.8) is 0 Å². The fourth-order valence-corrected chi connectivity index (χ4v) is 1.86. The molecule has 3 N–H and O–H groups in total. The van der Waals surface area contributed by atoms with E-state index in [1.54, 1.807) is 18.3 Å². The fraction of sp³-hybridized carbons (Fsp3) is 0.571. The second-order valence-electron chi connectivity index (χ2n) is 4.98. The third kappa shape index (κ3) is 5.17. The molecule has 1 heterocycles. The quantitative estimate of drug-likeness (QED) is 0.811. The Morgan fingerprint density at radius 3 is 2.72 bits per heavy atom. The van der Waals surface area contributed by atoms with E-state index in [0.29, 0.717) is 18.0 Å². The van der Waals surface area contributed by atoms with Gasteiger partial charge in [-0.3, -0.25) is 9.78 Å². The minimum atomic E-state index is 0.0167. The minimum Gasteiger partial charge on any atom is -0.397 e. The molecule has 1 rings (SSSR count). The number of anilines is 1. The first kappa shape index (κ1) is 14.5. The molecular weight excluding hydrogens is 226 g/mol. The normalized spacial score (nSPS) is 13.9. The van der Waals surface area contributed by atoms with E-state index in [-0.39, 0.29) is 11.9 Å². The van der Waals surface area contributed by atoms with Crippen LogP contribution < -0.4 is 11.1 Å². The number of aromatic nitrogens is 1. The van der Waals surface area contributed by atoms with Crippen molar-refractivity contribution >= 4 is 11.6 Å². The zero-order valence-electron chi connectivity index (χ0n) is 11.4. The molecule has 1 aromatic rings. The molecule has 4 nitrogen and oxygen atoms in total. The van der Waals surface area contributed by atoms with Gasteiger partial charge in [-0.15, -0.1) is 0 Å². The van der Waals surface area contributed by atoms with Crippen LogP contribution in [0.25, 0.3) is 0 Å². The standard InChI is InChI=1S/C14H23N3O/c1-4-10(2)7-11(3)17-14(18)8-13-6-5-12(15)9-16-13/h5-6,9-11H,4,7-8,15H2,1-3H3,(H,17,18). The molecule has 0 aliphatic heterocycles. The van der Waals surface area contributed by atoms with Crippen LogP contribution in [0.15, 0.2) is 18.3 Å². The molecule has 0 spiro atoms. The van der Waals surface area contributed by atoms with Crippen LogP contribution in [0.4, 0.5) is 5.69 Å². The van der Waals surface area contributed by atoms with E-state index in [4.69, 9.17) is 5.73 Å². The van der Waals surface area contributed by atoms with Crippen molar-refractivity contribution in [3.8, 4) is 0 Å². The summed E-state index contributed by atoms with van der Waals surface area (Å²) in [5, 5.41) is 3.00. The number of nitrogen functional groups attached to an aromatic ring is 1. The lowest BCUT2D eigenvalue weighted by molar-refractivity contribution is -0.121. The van der Waals surface area contributed by atoms with E-state index >= 15 is 0 Å². The van der Waals surface area contributed by atoms with Gasteiger partial charge >= 0.3 is 0 Å². The van der Waals surface area contributed by atoms with Crippen molar-refractivity contribution in [2.45, 2.75) is 46.1 Å². The molecule has 0 fully saturated rings. The number of nitrogens with one attached hydrogen (secondary N) is 1. The number of carbonyl (C=O) groups excluding carboxylic acids is 1. The lowest BCUT2D eigenvalue weighted by Gasteiger charge is -2.17. The van der Waals surface area contributed by atoms with Crippen LogP contribution in [0.5, 0.6) is 0 Å². The van der Waals surface area contributed by atoms with Gasteiger partial charge in [0.2, 0.25) is 5.91 Å². The number of pyridine rings is 1. The van der Waals surface area contributed by atoms with Gasteiger partial charge in [-0.05, 0) is 31.4 Å². The topological polar surface area (TPSA) is 68.0 Å². The van der Waals surface area contributed by atoms with Gasteiger partial charge < -0.3 is 11.1 Å². The Morgan fingerprint density at radius 1 is 1.44 bits per heavy atom. The summed E-state index contributed by atoms with van der Waals surface area (Å²) in [4.78, 5) is 15.9. The first-order chi connectivity index (χ1) is 8.51. The fourth-order valence-electron chi connectivity index (χ4n) is 1.86. The number of rotatable bonds is 6. The third-order valence-corrected chi connectivity index (χ3v) is 3.05. The van der Waals surface area contributed by atoms with Crippen LogP contribution in [0.2, 0.25) is 0 Å². The number of hydrogen-bond donors (Lipinski definition) is 2. The average Bonchev–Trinajstić information content (AvgIpc) is 2.31. The van der Waals surface area contributed by atoms with Crippen LogP contribution in [0, 0.1) is 5.92 Å². The van der Waals surface area contributed by atoms with Crippen LogP contribution in [0.1, 0.15) is 39.3 Å². The highest BCUT2D eigenvalue weighted by Gasteiger charge is 2.11. The number of nitrogens with two attached hydrogens (primary N) is 1. The van der Waals surface area contributed by atoms with Crippen molar-refractivity contribution in [1.29, 1.82) is 0 Å². The Bertz CT molecular complexity index is 375. The molecule has 4 heteroatoms. The molecular formula is C14H23N3O. The first-order valence-electron chi connectivity index (χ1n) is 6.51. The van der Waals surface area contributed by atoms with Gasteiger partial charge in [0.05, 0.1) is 18.3 Å². The molecule has 0 bridgehead atoms. The SMILES string of the molecule is CCC(C)CC(C)NC(=O)Cc1ccc(N)cn1. The summed E-state index contributed by atoms with van der Waals surface area (Å²) >= 11 is 0. The Labute approximate surface area is 109 Å². The highest BCUT2D eigenvalue weighted by molar-refractivity contribution is 5.78. The third-order valence-electron chi connectivity index (χ3n) is 3.05. The molecule has 0 saturated carbocycles. The lowest BCUT2D eigenvalue weighted by atomic mass is 10.0. The molecule has 0 aliphatic carbocycles. The molecule has 18 heavy (non-hydrogen) atoms. The number of amides is 1.